The van der Waals surface area contributed by atoms with E-state index in [1.165, 1.54) is 6.07 Å². The van der Waals surface area contributed by atoms with E-state index >= 15 is 0 Å². The first-order chi connectivity index (χ1) is 9.54. The van der Waals surface area contributed by atoms with Gasteiger partial charge in [0.25, 0.3) is 5.69 Å². The number of carbonyl (C=O) groups excluding carboxylic acids is 1. The Labute approximate surface area is 115 Å². The number of hydrogen-bond donors (Lipinski definition) is 2. The van der Waals surface area contributed by atoms with Gasteiger partial charge in [-0.2, -0.15) is 0 Å². The minimum absolute atomic E-state index is 0.0655. The van der Waals surface area contributed by atoms with Crippen molar-refractivity contribution in [2.24, 2.45) is 5.73 Å². The summed E-state index contributed by atoms with van der Waals surface area (Å²) in [6.45, 7) is 1.41. The summed E-state index contributed by atoms with van der Waals surface area (Å²) in [5, 5.41) is 14.0. The number of nitro groups is 1. The van der Waals surface area contributed by atoms with Crippen molar-refractivity contribution in [2.45, 2.75) is 25.3 Å². The zero-order valence-corrected chi connectivity index (χ0v) is 11.0. The number of nitrogens with two attached hydrogens (primary N) is 1. The Morgan fingerprint density at radius 2 is 2.05 bits per heavy atom. The van der Waals surface area contributed by atoms with Crippen LogP contribution in [-0.2, 0) is 11.2 Å². The number of rotatable bonds is 2. The number of nitro benzene ring substituents is 1. The highest BCUT2D eigenvalue weighted by Crippen LogP contribution is 2.37. The molecule has 3 rings (SSSR count). The molecule has 1 aromatic rings. The maximum absolute atomic E-state index is 11.4. The number of carbonyl (C=O) groups is 1. The van der Waals surface area contributed by atoms with Crippen molar-refractivity contribution >= 4 is 23.0 Å². The first-order valence-electron chi connectivity index (χ1n) is 6.66. The van der Waals surface area contributed by atoms with E-state index in [0.29, 0.717) is 30.0 Å². The zero-order chi connectivity index (χ0) is 14.3. The van der Waals surface area contributed by atoms with Gasteiger partial charge in [0, 0.05) is 30.9 Å². The molecule has 1 fully saturated rings. The molecule has 0 spiro atoms. The normalized spacial score (nSPS) is 18.9. The zero-order valence-electron chi connectivity index (χ0n) is 11.0. The molecule has 0 radical (unpaired) electrons. The van der Waals surface area contributed by atoms with E-state index in [-0.39, 0.29) is 29.0 Å². The van der Waals surface area contributed by atoms with E-state index in [2.05, 4.69) is 5.32 Å². The van der Waals surface area contributed by atoms with Gasteiger partial charge in [-0.3, -0.25) is 14.9 Å². The second-order valence-electron chi connectivity index (χ2n) is 5.30. The third-order valence-corrected chi connectivity index (χ3v) is 3.90. The summed E-state index contributed by atoms with van der Waals surface area (Å²) in [5.74, 6) is -0.118. The molecule has 106 valence electrons. The molecular weight excluding hydrogens is 260 g/mol. The lowest BCUT2D eigenvalue weighted by molar-refractivity contribution is -0.384. The van der Waals surface area contributed by atoms with Crippen molar-refractivity contribution in [3.8, 4) is 0 Å². The van der Waals surface area contributed by atoms with Crippen molar-refractivity contribution in [3.63, 3.8) is 0 Å². The molecule has 20 heavy (non-hydrogen) atoms. The lowest BCUT2D eigenvalue weighted by Gasteiger charge is -2.31. The van der Waals surface area contributed by atoms with Gasteiger partial charge in [-0.1, -0.05) is 0 Å². The molecular formula is C13H16N4O3. The van der Waals surface area contributed by atoms with E-state index in [1.54, 1.807) is 6.07 Å². The van der Waals surface area contributed by atoms with Crippen molar-refractivity contribution < 1.29 is 9.72 Å². The monoisotopic (exact) mass is 276 g/mol. The fourth-order valence-corrected chi connectivity index (χ4v) is 2.79. The van der Waals surface area contributed by atoms with E-state index in [4.69, 9.17) is 5.73 Å². The van der Waals surface area contributed by atoms with Crippen LogP contribution in [0.15, 0.2) is 12.1 Å². The summed E-state index contributed by atoms with van der Waals surface area (Å²) in [7, 11) is 0. The quantitative estimate of drug-likeness (QED) is 0.620. The number of anilines is 2. The molecule has 0 unspecified atom stereocenters. The molecule has 2 aliphatic heterocycles. The Hall–Kier alpha value is -2.15. The summed E-state index contributed by atoms with van der Waals surface area (Å²) in [6.07, 6.45) is 1.85. The number of benzene rings is 1. The van der Waals surface area contributed by atoms with Gasteiger partial charge >= 0.3 is 0 Å². The van der Waals surface area contributed by atoms with E-state index < -0.39 is 0 Å². The molecule has 1 aromatic carbocycles. The maximum Gasteiger partial charge on any atom is 0.292 e. The number of nitrogens with one attached hydrogen (secondary N) is 1. The Kier molecular flexibility index (Phi) is 3.06. The van der Waals surface area contributed by atoms with Crippen LogP contribution in [0.5, 0.6) is 0 Å². The number of piperidine rings is 1. The van der Waals surface area contributed by atoms with Crippen LogP contribution < -0.4 is 16.0 Å². The topological polar surface area (TPSA) is 102 Å². The van der Waals surface area contributed by atoms with Gasteiger partial charge in [0.05, 0.1) is 11.3 Å². The third-order valence-electron chi connectivity index (χ3n) is 3.90. The van der Waals surface area contributed by atoms with Crippen LogP contribution in [-0.4, -0.2) is 30.0 Å². The standard InChI is InChI=1S/C13H16N4O3/c14-9-1-3-16(4-2-9)11-7-10-8(6-13(18)15-10)5-12(11)17(19)20/h5,7,9H,1-4,6,14H2,(H,15,18). The van der Waals surface area contributed by atoms with E-state index in [9.17, 15) is 14.9 Å². The predicted octanol–water partition coefficient (Wildman–Crippen LogP) is 1.02. The SMILES string of the molecule is NC1CCN(c2cc3c(cc2[N+](=O)[O-])CC(=O)N3)CC1. The average Bonchev–Trinajstić information content (AvgIpc) is 2.77. The molecule has 0 bridgehead atoms. The van der Waals surface area contributed by atoms with Gasteiger partial charge in [-0.15, -0.1) is 0 Å². The number of nitrogens with zero attached hydrogens (tertiary/aromatic N) is 2. The van der Waals surface area contributed by atoms with Crippen molar-refractivity contribution in [1.82, 2.24) is 0 Å². The van der Waals surface area contributed by atoms with Crippen molar-refractivity contribution in [3.05, 3.63) is 27.8 Å². The lowest BCUT2D eigenvalue weighted by atomic mass is 10.0. The lowest BCUT2D eigenvalue weighted by Crippen LogP contribution is -2.39. The maximum atomic E-state index is 11.4. The van der Waals surface area contributed by atoms with Gasteiger partial charge < -0.3 is 16.0 Å². The predicted molar refractivity (Wildman–Crippen MR) is 74.9 cm³/mol. The Morgan fingerprint density at radius 1 is 1.35 bits per heavy atom. The molecule has 1 amide bonds. The summed E-state index contributed by atoms with van der Waals surface area (Å²) < 4.78 is 0. The number of hydrogen-bond acceptors (Lipinski definition) is 5. The fourth-order valence-electron chi connectivity index (χ4n) is 2.79. The van der Waals surface area contributed by atoms with Crippen LogP contribution in [0.25, 0.3) is 0 Å². The van der Waals surface area contributed by atoms with Crippen molar-refractivity contribution in [2.75, 3.05) is 23.3 Å². The van der Waals surface area contributed by atoms with Gasteiger partial charge in [0.1, 0.15) is 5.69 Å². The van der Waals surface area contributed by atoms with Gasteiger partial charge in [-0.25, -0.2) is 0 Å². The van der Waals surface area contributed by atoms with Crippen LogP contribution >= 0.6 is 0 Å². The first-order valence-corrected chi connectivity index (χ1v) is 6.66. The molecule has 0 saturated carbocycles. The van der Waals surface area contributed by atoms with Crippen LogP contribution in [0, 0.1) is 10.1 Å². The van der Waals surface area contributed by atoms with Gasteiger partial charge in [0.2, 0.25) is 5.91 Å². The molecule has 2 heterocycles. The Balaban J connectivity index is 1.99. The van der Waals surface area contributed by atoms with Gasteiger partial charge in [-0.05, 0) is 24.5 Å². The molecule has 3 N–H and O–H groups in total. The molecule has 0 atom stereocenters. The van der Waals surface area contributed by atoms with Gasteiger partial charge in [0.15, 0.2) is 0 Å². The smallest absolute Gasteiger partial charge is 0.292 e. The molecule has 1 saturated heterocycles. The summed E-state index contributed by atoms with van der Waals surface area (Å²) in [5.41, 5.74) is 7.88. The molecule has 0 aromatic heterocycles. The van der Waals surface area contributed by atoms with Crippen LogP contribution in [0.3, 0.4) is 0 Å². The minimum Gasteiger partial charge on any atom is -0.366 e. The summed E-state index contributed by atoms with van der Waals surface area (Å²) >= 11 is 0. The first kappa shape index (κ1) is 12.9. The molecule has 0 aliphatic carbocycles. The Bertz CT molecular complexity index is 579. The van der Waals surface area contributed by atoms with Crippen LogP contribution in [0.2, 0.25) is 0 Å². The minimum atomic E-state index is -0.382. The highest BCUT2D eigenvalue weighted by atomic mass is 16.6. The summed E-state index contributed by atoms with van der Waals surface area (Å²) in [4.78, 5) is 24.3. The Morgan fingerprint density at radius 3 is 2.70 bits per heavy atom. The molecule has 7 heteroatoms. The van der Waals surface area contributed by atoms with E-state index in [0.717, 1.165) is 12.8 Å². The highest BCUT2D eigenvalue weighted by molar-refractivity contribution is 6.00. The van der Waals surface area contributed by atoms with E-state index in [1.807, 2.05) is 4.90 Å². The third kappa shape index (κ3) is 2.20. The summed E-state index contributed by atoms with van der Waals surface area (Å²) in [6, 6.07) is 3.39. The van der Waals surface area contributed by atoms with Crippen LogP contribution in [0.1, 0.15) is 18.4 Å². The molecule has 2 aliphatic rings. The second-order valence-corrected chi connectivity index (χ2v) is 5.30. The van der Waals surface area contributed by atoms with Crippen LogP contribution in [0.4, 0.5) is 17.1 Å². The second kappa shape index (κ2) is 4.75. The number of fused-ring (bicyclic) bond motifs is 1. The number of amides is 1. The molecule has 7 nitrogen and oxygen atoms in total. The highest BCUT2D eigenvalue weighted by Gasteiger charge is 2.28. The van der Waals surface area contributed by atoms with Crippen molar-refractivity contribution in [1.29, 1.82) is 0 Å². The largest absolute Gasteiger partial charge is 0.366 e. The average molecular weight is 276 g/mol. The fraction of sp³-hybridized carbons (Fsp3) is 0.462.